The zero-order valence-electron chi connectivity index (χ0n) is 16.3. The second-order valence-corrected chi connectivity index (χ2v) is 7.25. The van der Waals surface area contributed by atoms with Crippen LogP contribution in [0, 0.1) is 0 Å². The number of likely N-dealkylation sites (tertiary alicyclic amines) is 1. The van der Waals surface area contributed by atoms with Crippen LogP contribution in [-0.2, 0) is 4.79 Å². The summed E-state index contributed by atoms with van der Waals surface area (Å²) < 4.78 is 5.79. The van der Waals surface area contributed by atoms with Crippen LogP contribution in [0.15, 0.2) is 54.6 Å². The van der Waals surface area contributed by atoms with E-state index in [0.29, 0.717) is 24.4 Å². The monoisotopic (exact) mass is 415 g/mol. The van der Waals surface area contributed by atoms with E-state index in [4.69, 9.17) is 4.74 Å². The van der Waals surface area contributed by atoms with E-state index in [9.17, 15) is 9.59 Å². The Labute approximate surface area is 177 Å². The molecule has 1 N–H and O–H groups in total. The van der Waals surface area contributed by atoms with Crippen molar-refractivity contribution < 1.29 is 14.3 Å². The predicted octanol–water partition coefficient (Wildman–Crippen LogP) is 2.94. The van der Waals surface area contributed by atoms with Gasteiger partial charge in [-0.2, -0.15) is 0 Å². The van der Waals surface area contributed by atoms with Crippen molar-refractivity contribution in [3.63, 3.8) is 0 Å². The average molecular weight is 416 g/mol. The first kappa shape index (κ1) is 21.1. The van der Waals surface area contributed by atoms with E-state index >= 15 is 0 Å². The van der Waals surface area contributed by atoms with Crippen molar-refractivity contribution in [1.29, 1.82) is 0 Å². The fourth-order valence-corrected chi connectivity index (χ4v) is 3.87. The Bertz CT molecular complexity index is 829. The molecule has 6 nitrogen and oxygen atoms in total. The number of rotatable bonds is 4. The highest BCUT2D eigenvalue weighted by atomic mass is 35.5. The maximum absolute atomic E-state index is 12.9. The van der Waals surface area contributed by atoms with Crippen LogP contribution in [0.4, 0.5) is 0 Å². The summed E-state index contributed by atoms with van der Waals surface area (Å²) in [7, 11) is 0. The van der Waals surface area contributed by atoms with Gasteiger partial charge in [0.15, 0.2) is 0 Å². The molecule has 2 amide bonds. The fourth-order valence-electron chi connectivity index (χ4n) is 3.87. The van der Waals surface area contributed by atoms with Gasteiger partial charge in [0.05, 0.1) is 6.54 Å². The zero-order chi connectivity index (χ0) is 19.3. The van der Waals surface area contributed by atoms with Crippen LogP contribution in [0.3, 0.4) is 0 Å². The lowest BCUT2D eigenvalue weighted by Crippen LogP contribution is -2.57. The van der Waals surface area contributed by atoms with Crippen molar-refractivity contribution in [3.8, 4) is 11.5 Å². The lowest BCUT2D eigenvalue weighted by Gasteiger charge is -2.41. The van der Waals surface area contributed by atoms with Gasteiger partial charge in [-0.25, -0.2) is 0 Å². The topological polar surface area (TPSA) is 61.9 Å². The van der Waals surface area contributed by atoms with Gasteiger partial charge in [0.1, 0.15) is 11.5 Å². The first-order valence-electron chi connectivity index (χ1n) is 9.83. The van der Waals surface area contributed by atoms with Crippen LogP contribution < -0.4 is 10.1 Å². The van der Waals surface area contributed by atoms with E-state index in [1.54, 1.807) is 12.1 Å². The summed E-state index contributed by atoms with van der Waals surface area (Å²) >= 11 is 0. The van der Waals surface area contributed by atoms with Crippen molar-refractivity contribution in [3.05, 3.63) is 60.2 Å². The Morgan fingerprint density at radius 1 is 1.00 bits per heavy atom. The molecule has 4 rings (SSSR count). The Morgan fingerprint density at radius 3 is 2.45 bits per heavy atom. The zero-order valence-corrected chi connectivity index (χ0v) is 17.1. The molecule has 2 aromatic carbocycles. The number of nitrogens with one attached hydrogen (secondary N) is 1. The molecule has 0 radical (unpaired) electrons. The number of ether oxygens (including phenoxy) is 1. The standard InChI is InChI=1S/C22H25N3O3.ClH/c26-21-15-23-12-14-25(21)18-5-4-13-24(16-18)22(27)17-8-10-20(11-9-17)28-19-6-2-1-3-7-19;/h1-3,6-11,18,23H,4-5,12-16H2;1H. The molecule has 0 aliphatic carbocycles. The van der Waals surface area contributed by atoms with Crippen LogP contribution in [0.25, 0.3) is 0 Å². The summed E-state index contributed by atoms with van der Waals surface area (Å²) in [5, 5.41) is 3.10. The van der Waals surface area contributed by atoms with Gasteiger partial charge >= 0.3 is 0 Å². The molecule has 2 aliphatic heterocycles. The quantitative estimate of drug-likeness (QED) is 0.834. The minimum Gasteiger partial charge on any atom is -0.457 e. The molecule has 1 unspecified atom stereocenters. The van der Waals surface area contributed by atoms with Gasteiger partial charge in [0, 0.05) is 37.8 Å². The Morgan fingerprint density at radius 2 is 1.72 bits per heavy atom. The van der Waals surface area contributed by atoms with Crippen LogP contribution in [0.2, 0.25) is 0 Å². The third kappa shape index (κ3) is 5.08. The smallest absolute Gasteiger partial charge is 0.253 e. The van der Waals surface area contributed by atoms with Gasteiger partial charge in [0.25, 0.3) is 5.91 Å². The van der Waals surface area contributed by atoms with Gasteiger partial charge in [-0.3, -0.25) is 9.59 Å². The van der Waals surface area contributed by atoms with E-state index in [0.717, 1.165) is 38.2 Å². The lowest BCUT2D eigenvalue weighted by atomic mass is 10.0. The van der Waals surface area contributed by atoms with Gasteiger partial charge < -0.3 is 19.9 Å². The highest BCUT2D eigenvalue weighted by Gasteiger charge is 2.31. The summed E-state index contributed by atoms with van der Waals surface area (Å²) in [5.41, 5.74) is 0.646. The molecule has 2 heterocycles. The Kier molecular flexibility index (Phi) is 7.12. The van der Waals surface area contributed by atoms with Crippen LogP contribution in [-0.4, -0.2) is 60.4 Å². The van der Waals surface area contributed by atoms with E-state index in [1.165, 1.54) is 0 Å². The summed E-state index contributed by atoms with van der Waals surface area (Å²) in [6.45, 7) is 3.27. The number of amides is 2. The van der Waals surface area contributed by atoms with E-state index in [2.05, 4.69) is 5.32 Å². The Balaban J connectivity index is 0.00000240. The third-order valence-electron chi connectivity index (χ3n) is 5.33. The number of carbonyl (C=O) groups is 2. The lowest BCUT2D eigenvalue weighted by molar-refractivity contribution is -0.135. The number of nitrogens with zero attached hydrogens (tertiary/aromatic N) is 2. The van der Waals surface area contributed by atoms with Crippen molar-refractivity contribution in [2.45, 2.75) is 18.9 Å². The molecule has 0 aromatic heterocycles. The fraction of sp³-hybridized carbons (Fsp3) is 0.364. The van der Waals surface area contributed by atoms with Gasteiger partial charge in [0.2, 0.25) is 5.91 Å². The molecule has 7 heteroatoms. The Hall–Kier alpha value is -2.57. The molecule has 1 atom stereocenters. The molecule has 29 heavy (non-hydrogen) atoms. The summed E-state index contributed by atoms with van der Waals surface area (Å²) in [4.78, 5) is 28.9. The second kappa shape index (κ2) is 9.76. The number of piperidine rings is 1. The largest absolute Gasteiger partial charge is 0.457 e. The molecule has 2 aromatic rings. The SMILES string of the molecule is Cl.O=C(c1ccc(Oc2ccccc2)cc1)N1CCCC(N2CCNCC2=O)C1. The van der Waals surface area contributed by atoms with E-state index in [1.807, 2.05) is 52.3 Å². The first-order chi connectivity index (χ1) is 13.7. The van der Waals surface area contributed by atoms with Gasteiger partial charge in [-0.05, 0) is 49.2 Å². The molecule has 2 fully saturated rings. The maximum atomic E-state index is 12.9. The third-order valence-corrected chi connectivity index (χ3v) is 5.33. The van der Waals surface area contributed by atoms with E-state index in [-0.39, 0.29) is 30.3 Å². The summed E-state index contributed by atoms with van der Waals surface area (Å²) in [6.07, 6.45) is 1.88. The highest BCUT2D eigenvalue weighted by molar-refractivity contribution is 5.94. The van der Waals surface area contributed by atoms with Gasteiger partial charge in [-0.15, -0.1) is 12.4 Å². The molecule has 0 bridgehead atoms. The molecule has 2 aliphatic rings. The molecule has 0 saturated carbocycles. The number of carbonyl (C=O) groups excluding carboxylic acids is 2. The molecular formula is C22H26ClN3O3. The van der Waals surface area contributed by atoms with Crippen LogP contribution in [0.5, 0.6) is 11.5 Å². The summed E-state index contributed by atoms with van der Waals surface area (Å²) in [6, 6.07) is 16.9. The molecule has 0 spiro atoms. The number of halogens is 1. The van der Waals surface area contributed by atoms with Crippen molar-refractivity contribution in [2.75, 3.05) is 32.7 Å². The minimum atomic E-state index is 0. The molecular weight excluding hydrogens is 390 g/mol. The average Bonchev–Trinajstić information content (AvgIpc) is 2.75. The maximum Gasteiger partial charge on any atom is 0.253 e. The normalized spacial score (nSPS) is 19.4. The highest BCUT2D eigenvalue weighted by Crippen LogP contribution is 2.23. The molecule has 154 valence electrons. The van der Waals surface area contributed by atoms with Crippen LogP contribution in [0.1, 0.15) is 23.2 Å². The van der Waals surface area contributed by atoms with Crippen molar-refractivity contribution in [2.24, 2.45) is 0 Å². The number of hydrogen-bond donors (Lipinski definition) is 1. The predicted molar refractivity (Wildman–Crippen MR) is 114 cm³/mol. The number of hydrogen-bond acceptors (Lipinski definition) is 4. The van der Waals surface area contributed by atoms with Gasteiger partial charge in [-0.1, -0.05) is 18.2 Å². The van der Waals surface area contributed by atoms with Crippen molar-refractivity contribution >= 4 is 24.2 Å². The molecule has 2 saturated heterocycles. The van der Waals surface area contributed by atoms with Crippen LogP contribution >= 0.6 is 12.4 Å². The first-order valence-corrected chi connectivity index (χ1v) is 9.83. The summed E-state index contributed by atoms with van der Waals surface area (Å²) in [5.74, 6) is 1.61. The minimum absolute atomic E-state index is 0. The number of para-hydroxylation sites is 1. The second-order valence-electron chi connectivity index (χ2n) is 7.25. The number of benzene rings is 2. The number of piperazine rings is 1. The van der Waals surface area contributed by atoms with E-state index < -0.39 is 0 Å². The van der Waals surface area contributed by atoms with Crippen molar-refractivity contribution in [1.82, 2.24) is 15.1 Å².